The summed E-state index contributed by atoms with van der Waals surface area (Å²) in [6.07, 6.45) is 29.6. The number of amides is 2. The molecule has 0 spiro atoms. The quantitative estimate of drug-likeness (QED) is 0.0387. The molecule has 9 nitrogen and oxygen atoms in total. The van der Waals surface area contributed by atoms with Crippen LogP contribution in [0.5, 0.6) is 0 Å². The molecule has 0 heterocycles. The molecule has 2 unspecified atom stereocenters. The number of nitrogens with one attached hydrogen (secondary N) is 2. The first-order chi connectivity index (χ1) is 21.3. The third-order valence-electron chi connectivity index (χ3n) is 7.41. The normalized spacial score (nSPS) is 12.8. The first kappa shape index (κ1) is 41.3. The topological polar surface area (TPSA) is 142 Å². The number of carboxylic acids is 1. The van der Waals surface area contributed by atoms with Crippen LogP contribution >= 0.6 is 0 Å². The van der Waals surface area contributed by atoms with Crippen molar-refractivity contribution < 1.29 is 34.1 Å². The number of aliphatic hydroxyl groups excluding tert-OH is 1. The Hall–Kier alpha value is -2.68. The molecule has 0 aliphatic carbocycles. The van der Waals surface area contributed by atoms with Gasteiger partial charge in [-0.1, -0.05) is 96.3 Å². The molecule has 254 valence electrons. The van der Waals surface area contributed by atoms with Crippen molar-refractivity contribution in [3.8, 4) is 0 Å². The summed E-state index contributed by atoms with van der Waals surface area (Å²) in [4.78, 5) is 47.0. The molecule has 0 rings (SSSR count). The Kier molecular flexibility index (Phi) is 28.5. The summed E-state index contributed by atoms with van der Waals surface area (Å²) < 4.78 is 5.80. The number of ether oxygens (including phenoxy) is 1. The molecule has 0 fully saturated rings. The number of unbranched alkanes of at least 4 members (excludes halogenated alkanes) is 14. The highest BCUT2D eigenvalue weighted by Crippen LogP contribution is 2.14. The van der Waals surface area contributed by atoms with Crippen LogP contribution in [0.15, 0.2) is 24.3 Å². The van der Waals surface area contributed by atoms with Crippen LogP contribution < -0.4 is 10.6 Å². The summed E-state index contributed by atoms with van der Waals surface area (Å²) in [6.45, 7) is 3.33. The van der Waals surface area contributed by atoms with E-state index in [1.165, 1.54) is 44.9 Å². The van der Waals surface area contributed by atoms with E-state index in [1.807, 2.05) is 6.08 Å². The molecule has 0 bridgehead atoms. The standard InChI is InChI=1S/C35H62N2O7/c1-3-5-7-9-10-11-12-13-14-15-16-17-23-27-34(41)44-30(24-20-8-6-4-2)25-21-18-19-22-26-32(39)36-28-33(40)37-31(29-38)35(42)43/h11-12,20,24,30-31,38H,3-10,13-19,21-23,25-29H2,1-2H3,(H,36,39)(H,37,40)(H,42,43)/b12-11-,24-20-. The van der Waals surface area contributed by atoms with Gasteiger partial charge in [-0.05, 0) is 63.9 Å². The van der Waals surface area contributed by atoms with Gasteiger partial charge < -0.3 is 25.6 Å². The highest BCUT2D eigenvalue weighted by molar-refractivity contribution is 5.87. The predicted octanol–water partition coefficient (Wildman–Crippen LogP) is 6.92. The molecule has 0 aromatic heterocycles. The van der Waals surface area contributed by atoms with E-state index in [0.717, 1.165) is 70.6 Å². The maximum absolute atomic E-state index is 12.5. The average molecular weight is 623 g/mol. The van der Waals surface area contributed by atoms with Crippen LogP contribution in [0.25, 0.3) is 0 Å². The van der Waals surface area contributed by atoms with Crippen molar-refractivity contribution in [2.75, 3.05) is 13.2 Å². The van der Waals surface area contributed by atoms with Gasteiger partial charge in [-0.25, -0.2) is 4.79 Å². The number of carboxylic acid groups (broad SMARTS) is 1. The van der Waals surface area contributed by atoms with Gasteiger partial charge >= 0.3 is 11.9 Å². The van der Waals surface area contributed by atoms with Crippen molar-refractivity contribution in [1.82, 2.24) is 10.6 Å². The lowest BCUT2D eigenvalue weighted by molar-refractivity contribution is -0.147. The number of rotatable bonds is 30. The van der Waals surface area contributed by atoms with Gasteiger partial charge in [0.25, 0.3) is 0 Å². The maximum atomic E-state index is 12.5. The van der Waals surface area contributed by atoms with E-state index in [4.69, 9.17) is 14.9 Å². The van der Waals surface area contributed by atoms with Crippen LogP contribution in [0.4, 0.5) is 0 Å². The Labute approximate surface area is 266 Å². The van der Waals surface area contributed by atoms with Crippen molar-refractivity contribution in [2.24, 2.45) is 0 Å². The molecule has 2 atom stereocenters. The number of hydrogen-bond acceptors (Lipinski definition) is 6. The Bertz CT molecular complexity index is 813. The molecule has 0 aliphatic heterocycles. The van der Waals surface area contributed by atoms with Crippen LogP contribution in [0, 0.1) is 0 Å². The van der Waals surface area contributed by atoms with E-state index in [2.05, 4.69) is 42.7 Å². The van der Waals surface area contributed by atoms with Crippen molar-refractivity contribution in [3.63, 3.8) is 0 Å². The monoisotopic (exact) mass is 622 g/mol. The highest BCUT2D eigenvalue weighted by Gasteiger charge is 2.18. The first-order valence-electron chi connectivity index (χ1n) is 17.2. The zero-order valence-corrected chi connectivity index (χ0v) is 27.7. The average Bonchev–Trinajstić information content (AvgIpc) is 3.00. The first-order valence-corrected chi connectivity index (χ1v) is 17.2. The summed E-state index contributed by atoms with van der Waals surface area (Å²) in [5.74, 6) is -2.42. The summed E-state index contributed by atoms with van der Waals surface area (Å²) in [5, 5.41) is 22.4. The Morgan fingerprint density at radius 3 is 1.89 bits per heavy atom. The van der Waals surface area contributed by atoms with Gasteiger partial charge in [0.1, 0.15) is 12.1 Å². The number of carbonyl (C=O) groups excluding carboxylic acids is 3. The number of allylic oxidation sites excluding steroid dienone is 3. The third-order valence-corrected chi connectivity index (χ3v) is 7.41. The van der Waals surface area contributed by atoms with Crippen LogP contribution in [-0.4, -0.2) is 59.3 Å². The second-order valence-corrected chi connectivity index (χ2v) is 11.6. The molecular formula is C35H62N2O7. The second-order valence-electron chi connectivity index (χ2n) is 11.6. The van der Waals surface area contributed by atoms with E-state index in [-0.39, 0.29) is 30.9 Å². The fraction of sp³-hybridized carbons (Fsp3) is 0.771. The Morgan fingerprint density at radius 1 is 0.682 bits per heavy atom. The Morgan fingerprint density at radius 2 is 1.25 bits per heavy atom. The third kappa shape index (κ3) is 26.9. The number of aliphatic hydroxyl groups is 1. The molecule has 0 radical (unpaired) electrons. The minimum absolute atomic E-state index is 0.129. The van der Waals surface area contributed by atoms with Crippen molar-refractivity contribution in [1.29, 1.82) is 0 Å². The van der Waals surface area contributed by atoms with Crippen LogP contribution in [0.3, 0.4) is 0 Å². The van der Waals surface area contributed by atoms with Crippen LogP contribution in [0.1, 0.15) is 149 Å². The fourth-order valence-corrected chi connectivity index (χ4v) is 4.66. The maximum Gasteiger partial charge on any atom is 0.328 e. The van der Waals surface area contributed by atoms with Gasteiger partial charge in [-0.3, -0.25) is 14.4 Å². The molecule has 44 heavy (non-hydrogen) atoms. The van der Waals surface area contributed by atoms with Crippen molar-refractivity contribution in [2.45, 2.75) is 161 Å². The predicted molar refractivity (Wildman–Crippen MR) is 176 cm³/mol. The molecule has 0 aromatic carbocycles. The minimum atomic E-state index is -1.39. The van der Waals surface area contributed by atoms with E-state index in [1.54, 1.807) is 0 Å². The molecule has 0 aliphatic rings. The lowest BCUT2D eigenvalue weighted by atomic mass is 10.1. The van der Waals surface area contributed by atoms with Gasteiger partial charge in [0.05, 0.1) is 13.2 Å². The minimum Gasteiger partial charge on any atom is -0.480 e. The number of carbonyl (C=O) groups is 4. The molecule has 2 amide bonds. The zero-order valence-electron chi connectivity index (χ0n) is 27.7. The zero-order chi connectivity index (χ0) is 32.7. The molecule has 0 saturated heterocycles. The van der Waals surface area contributed by atoms with Gasteiger partial charge in [0.15, 0.2) is 0 Å². The molecule has 4 N–H and O–H groups in total. The van der Waals surface area contributed by atoms with Gasteiger partial charge in [-0.2, -0.15) is 0 Å². The van der Waals surface area contributed by atoms with Crippen LogP contribution in [-0.2, 0) is 23.9 Å². The summed E-state index contributed by atoms with van der Waals surface area (Å²) in [6, 6.07) is -1.39. The number of esters is 1. The van der Waals surface area contributed by atoms with Gasteiger partial charge in [-0.15, -0.1) is 0 Å². The molecular weight excluding hydrogens is 560 g/mol. The highest BCUT2D eigenvalue weighted by atomic mass is 16.5. The molecule has 9 heteroatoms. The van der Waals surface area contributed by atoms with E-state index in [9.17, 15) is 19.2 Å². The summed E-state index contributed by atoms with van der Waals surface area (Å²) in [5.41, 5.74) is 0. The van der Waals surface area contributed by atoms with Crippen molar-refractivity contribution >= 4 is 23.8 Å². The van der Waals surface area contributed by atoms with E-state index in [0.29, 0.717) is 12.8 Å². The largest absolute Gasteiger partial charge is 0.480 e. The smallest absolute Gasteiger partial charge is 0.328 e. The second kappa shape index (κ2) is 30.4. The number of aliphatic carboxylic acids is 1. The summed E-state index contributed by atoms with van der Waals surface area (Å²) >= 11 is 0. The van der Waals surface area contributed by atoms with E-state index >= 15 is 0 Å². The molecule has 0 saturated carbocycles. The lowest BCUT2D eigenvalue weighted by Crippen LogP contribution is -2.47. The van der Waals surface area contributed by atoms with Crippen molar-refractivity contribution in [3.05, 3.63) is 24.3 Å². The number of hydrogen-bond donors (Lipinski definition) is 4. The summed E-state index contributed by atoms with van der Waals surface area (Å²) in [7, 11) is 0. The fourth-order valence-electron chi connectivity index (χ4n) is 4.66. The lowest BCUT2D eigenvalue weighted by Gasteiger charge is -2.15. The Balaban J connectivity index is 4.12. The SMILES string of the molecule is CCCC/C=C\C(CCCCCCC(=O)NCC(=O)NC(CO)C(=O)O)OC(=O)CCCCCCC/C=C\CCCCCC. The van der Waals surface area contributed by atoms with Gasteiger partial charge in [0, 0.05) is 12.8 Å². The molecule has 0 aromatic rings. The van der Waals surface area contributed by atoms with E-state index < -0.39 is 24.5 Å². The van der Waals surface area contributed by atoms with Crippen LogP contribution in [0.2, 0.25) is 0 Å². The van der Waals surface area contributed by atoms with Gasteiger partial charge in [0.2, 0.25) is 11.8 Å².